The molecular formula is C28H25N3O4S. The van der Waals surface area contributed by atoms with Gasteiger partial charge in [-0.25, -0.2) is 13.1 Å². The predicted octanol–water partition coefficient (Wildman–Crippen LogP) is 3.76. The highest BCUT2D eigenvalue weighted by molar-refractivity contribution is 7.89. The third-order valence-electron chi connectivity index (χ3n) is 5.54. The van der Waals surface area contributed by atoms with Crippen LogP contribution in [-0.2, 0) is 21.4 Å². The highest BCUT2D eigenvalue weighted by atomic mass is 32.2. The van der Waals surface area contributed by atoms with Crippen molar-refractivity contribution >= 4 is 21.8 Å². The van der Waals surface area contributed by atoms with Crippen molar-refractivity contribution < 1.29 is 18.0 Å². The number of hydrazine groups is 1. The van der Waals surface area contributed by atoms with E-state index >= 15 is 0 Å². The smallest absolute Gasteiger partial charge is 0.269 e. The molecule has 0 saturated carbocycles. The van der Waals surface area contributed by atoms with E-state index in [-0.39, 0.29) is 17.0 Å². The SMILES string of the molecule is O=C(NNC(=O)C(c1ccccc1)c1ccccc1)c1cccc(S(=O)(=O)NCc2ccccc2)c1. The first-order valence-electron chi connectivity index (χ1n) is 11.3. The van der Waals surface area contributed by atoms with Crippen molar-refractivity contribution in [2.24, 2.45) is 0 Å². The molecule has 0 aliphatic rings. The Morgan fingerprint density at radius 2 is 1.22 bits per heavy atom. The van der Waals surface area contributed by atoms with Gasteiger partial charge in [0.15, 0.2) is 0 Å². The highest BCUT2D eigenvalue weighted by Crippen LogP contribution is 2.24. The summed E-state index contributed by atoms with van der Waals surface area (Å²) in [6.07, 6.45) is 0. The van der Waals surface area contributed by atoms with Gasteiger partial charge in [0.25, 0.3) is 5.91 Å². The minimum absolute atomic E-state index is 0.0520. The summed E-state index contributed by atoms with van der Waals surface area (Å²) in [4.78, 5) is 25.8. The average Bonchev–Trinajstić information content (AvgIpc) is 2.92. The summed E-state index contributed by atoms with van der Waals surface area (Å²) in [5.41, 5.74) is 7.32. The maximum Gasteiger partial charge on any atom is 0.269 e. The first-order chi connectivity index (χ1) is 17.4. The Labute approximate surface area is 210 Å². The maximum absolute atomic E-state index is 13.1. The Hall–Kier alpha value is -4.27. The van der Waals surface area contributed by atoms with E-state index in [2.05, 4.69) is 15.6 Å². The van der Waals surface area contributed by atoms with E-state index in [1.54, 1.807) is 0 Å². The van der Waals surface area contributed by atoms with Crippen LogP contribution in [0.15, 0.2) is 120 Å². The summed E-state index contributed by atoms with van der Waals surface area (Å²) in [6.45, 7) is 0.121. The molecule has 0 aliphatic heterocycles. The molecule has 0 spiro atoms. The Balaban J connectivity index is 1.45. The molecule has 36 heavy (non-hydrogen) atoms. The van der Waals surface area contributed by atoms with Crippen molar-refractivity contribution in [3.63, 3.8) is 0 Å². The van der Waals surface area contributed by atoms with Crippen LogP contribution < -0.4 is 15.6 Å². The first-order valence-corrected chi connectivity index (χ1v) is 12.8. The van der Waals surface area contributed by atoms with Crippen LogP contribution in [-0.4, -0.2) is 20.2 Å². The van der Waals surface area contributed by atoms with Gasteiger partial charge in [0.1, 0.15) is 0 Å². The van der Waals surface area contributed by atoms with Gasteiger partial charge >= 0.3 is 0 Å². The molecule has 4 aromatic carbocycles. The van der Waals surface area contributed by atoms with Crippen LogP contribution >= 0.6 is 0 Å². The Morgan fingerprint density at radius 1 is 0.667 bits per heavy atom. The van der Waals surface area contributed by atoms with Gasteiger partial charge in [-0.2, -0.15) is 0 Å². The maximum atomic E-state index is 13.1. The monoisotopic (exact) mass is 499 g/mol. The van der Waals surface area contributed by atoms with Gasteiger partial charge in [-0.05, 0) is 34.9 Å². The molecule has 0 fully saturated rings. The molecular weight excluding hydrogens is 474 g/mol. The van der Waals surface area contributed by atoms with Crippen LogP contribution in [0.25, 0.3) is 0 Å². The van der Waals surface area contributed by atoms with E-state index < -0.39 is 27.8 Å². The molecule has 2 amide bonds. The second kappa shape index (κ2) is 11.4. The lowest BCUT2D eigenvalue weighted by atomic mass is 9.91. The van der Waals surface area contributed by atoms with Crippen LogP contribution in [0.2, 0.25) is 0 Å². The van der Waals surface area contributed by atoms with Gasteiger partial charge in [0, 0.05) is 12.1 Å². The normalized spacial score (nSPS) is 11.1. The van der Waals surface area contributed by atoms with Gasteiger partial charge in [0.2, 0.25) is 15.9 Å². The summed E-state index contributed by atoms with van der Waals surface area (Å²) >= 11 is 0. The molecule has 4 aromatic rings. The fourth-order valence-corrected chi connectivity index (χ4v) is 4.77. The highest BCUT2D eigenvalue weighted by Gasteiger charge is 2.23. The predicted molar refractivity (Wildman–Crippen MR) is 137 cm³/mol. The van der Waals surface area contributed by atoms with Crippen molar-refractivity contribution in [3.8, 4) is 0 Å². The topological polar surface area (TPSA) is 104 Å². The van der Waals surface area contributed by atoms with E-state index in [0.29, 0.717) is 0 Å². The third-order valence-corrected chi connectivity index (χ3v) is 6.94. The van der Waals surface area contributed by atoms with E-state index in [1.807, 2.05) is 91.0 Å². The number of hydrogen-bond acceptors (Lipinski definition) is 4. The zero-order chi connectivity index (χ0) is 25.4. The fourth-order valence-electron chi connectivity index (χ4n) is 3.71. The molecule has 182 valence electrons. The van der Waals surface area contributed by atoms with Gasteiger partial charge < -0.3 is 0 Å². The second-order valence-electron chi connectivity index (χ2n) is 8.04. The summed E-state index contributed by atoms with van der Waals surface area (Å²) in [5, 5.41) is 0. The van der Waals surface area contributed by atoms with Crippen LogP contribution in [0.1, 0.15) is 33.0 Å². The zero-order valence-corrected chi connectivity index (χ0v) is 20.1. The van der Waals surface area contributed by atoms with E-state index in [0.717, 1.165) is 16.7 Å². The van der Waals surface area contributed by atoms with Gasteiger partial charge in [-0.3, -0.25) is 20.4 Å². The van der Waals surface area contributed by atoms with Gasteiger partial charge in [0.05, 0.1) is 10.8 Å². The molecule has 0 atom stereocenters. The summed E-state index contributed by atoms with van der Waals surface area (Å²) in [5.74, 6) is -1.70. The summed E-state index contributed by atoms with van der Waals surface area (Å²) in [7, 11) is -3.85. The third kappa shape index (κ3) is 6.24. The first kappa shape index (κ1) is 24.8. The molecule has 4 rings (SSSR count). The molecule has 0 saturated heterocycles. The number of benzene rings is 4. The summed E-state index contributed by atoms with van der Waals surface area (Å²) < 4.78 is 28.0. The van der Waals surface area contributed by atoms with Gasteiger partial charge in [-0.1, -0.05) is 97.1 Å². The lowest BCUT2D eigenvalue weighted by Gasteiger charge is -2.18. The van der Waals surface area contributed by atoms with Crippen molar-refractivity contribution in [1.82, 2.24) is 15.6 Å². The van der Waals surface area contributed by atoms with Crippen molar-refractivity contribution in [1.29, 1.82) is 0 Å². The molecule has 7 nitrogen and oxygen atoms in total. The summed E-state index contributed by atoms with van der Waals surface area (Å²) in [6, 6.07) is 33.2. The lowest BCUT2D eigenvalue weighted by molar-refractivity contribution is -0.122. The van der Waals surface area contributed by atoms with Gasteiger partial charge in [-0.15, -0.1) is 0 Å². The Morgan fingerprint density at radius 3 is 1.81 bits per heavy atom. The van der Waals surface area contributed by atoms with E-state index in [9.17, 15) is 18.0 Å². The van der Waals surface area contributed by atoms with Crippen LogP contribution in [0.4, 0.5) is 0 Å². The molecule has 8 heteroatoms. The quantitative estimate of drug-likeness (QED) is 0.321. The minimum atomic E-state index is -3.85. The van der Waals surface area contributed by atoms with Crippen molar-refractivity contribution in [3.05, 3.63) is 138 Å². The number of nitrogens with one attached hydrogen (secondary N) is 3. The minimum Gasteiger partial charge on any atom is -0.272 e. The molecule has 0 heterocycles. The van der Waals surface area contributed by atoms with E-state index in [1.165, 1.54) is 24.3 Å². The van der Waals surface area contributed by atoms with Crippen molar-refractivity contribution in [2.45, 2.75) is 17.4 Å². The molecule has 3 N–H and O–H groups in total. The largest absolute Gasteiger partial charge is 0.272 e. The molecule has 0 radical (unpaired) electrons. The number of sulfonamides is 1. The van der Waals surface area contributed by atoms with Crippen LogP contribution in [0.5, 0.6) is 0 Å². The second-order valence-corrected chi connectivity index (χ2v) is 9.80. The fraction of sp³-hybridized carbons (Fsp3) is 0.0714. The molecule has 0 aromatic heterocycles. The number of carbonyl (C=O) groups is 2. The number of carbonyl (C=O) groups excluding carboxylic acids is 2. The Kier molecular flexibility index (Phi) is 7.89. The lowest BCUT2D eigenvalue weighted by Crippen LogP contribution is -2.44. The number of hydrogen-bond donors (Lipinski definition) is 3. The number of rotatable bonds is 8. The zero-order valence-electron chi connectivity index (χ0n) is 19.3. The standard InChI is InChI=1S/C28H25N3O4S/c32-27(24-17-10-18-25(19-24)36(34,35)29-20-21-11-4-1-5-12-21)30-31-28(33)26(22-13-6-2-7-14-22)23-15-8-3-9-16-23/h1-19,26,29H,20H2,(H,30,32)(H,31,33). The van der Waals surface area contributed by atoms with Crippen LogP contribution in [0, 0.1) is 0 Å². The Bertz CT molecular complexity index is 1390. The molecule has 0 aliphatic carbocycles. The number of amides is 2. The molecule has 0 bridgehead atoms. The average molecular weight is 500 g/mol. The van der Waals surface area contributed by atoms with Crippen molar-refractivity contribution in [2.75, 3.05) is 0 Å². The van der Waals surface area contributed by atoms with Crippen LogP contribution in [0.3, 0.4) is 0 Å². The molecule has 0 unspecified atom stereocenters. The van der Waals surface area contributed by atoms with E-state index in [4.69, 9.17) is 0 Å².